The number of thiophene rings is 2. The fourth-order valence-corrected chi connectivity index (χ4v) is 5.51. The summed E-state index contributed by atoms with van der Waals surface area (Å²) in [6.45, 7) is 7.40. The highest BCUT2D eigenvalue weighted by Crippen LogP contribution is 2.35. The first-order chi connectivity index (χ1) is 11.0. The molecule has 1 amide bonds. The summed E-state index contributed by atoms with van der Waals surface area (Å²) in [5, 5.41) is 14.6. The van der Waals surface area contributed by atoms with Crippen molar-refractivity contribution in [1.29, 1.82) is 0 Å². The Hall–Kier alpha value is -1.17. The summed E-state index contributed by atoms with van der Waals surface area (Å²) >= 11 is 3.35. The van der Waals surface area contributed by atoms with Crippen LogP contribution >= 0.6 is 22.7 Å². The third-order valence-electron chi connectivity index (χ3n) is 4.80. The molecule has 2 atom stereocenters. The van der Waals surface area contributed by atoms with Crippen LogP contribution in [0.1, 0.15) is 50.5 Å². The summed E-state index contributed by atoms with van der Waals surface area (Å²) in [5.74, 6) is 0.237. The predicted octanol–water partition coefficient (Wildman–Crippen LogP) is 3.98. The summed E-state index contributed by atoms with van der Waals surface area (Å²) in [4.78, 5) is 17.1. The van der Waals surface area contributed by atoms with Gasteiger partial charge in [-0.25, -0.2) is 0 Å². The molecule has 0 radical (unpaired) electrons. The minimum Gasteiger partial charge on any atom is -0.391 e. The van der Waals surface area contributed by atoms with Crippen LogP contribution in [0.4, 0.5) is 0 Å². The van der Waals surface area contributed by atoms with Crippen molar-refractivity contribution in [2.45, 2.75) is 45.6 Å². The Balaban J connectivity index is 1.75. The van der Waals surface area contributed by atoms with Crippen molar-refractivity contribution in [3.05, 3.63) is 43.3 Å². The van der Waals surface area contributed by atoms with Crippen LogP contribution in [0, 0.1) is 13.8 Å². The number of hydrogen-bond donors (Lipinski definition) is 1. The lowest BCUT2D eigenvalue weighted by Gasteiger charge is -2.36. The first-order valence-corrected chi connectivity index (χ1v) is 9.87. The van der Waals surface area contributed by atoms with E-state index in [0.717, 1.165) is 30.5 Å². The number of nitrogens with zero attached hydrogens (tertiary/aromatic N) is 1. The largest absolute Gasteiger partial charge is 0.391 e. The Morgan fingerprint density at radius 1 is 1.39 bits per heavy atom. The molecule has 0 aromatic carbocycles. The number of aliphatic hydroxyl groups is 1. The van der Waals surface area contributed by atoms with Crippen molar-refractivity contribution in [3.63, 3.8) is 0 Å². The van der Waals surface area contributed by atoms with Gasteiger partial charge in [-0.2, -0.15) is 0 Å². The quantitative estimate of drug-likeness (QED) is 0.910. The average molecular weight is 350 g/mol. The standard InChI is InChI=1S/C18H23NO2S2/c1-4-13-12(3)23-10-15(13)18(21)19-7-5-14(16(20)9-19)17-11(2)6-8-22-17/h6,8,10,14,16,20H,4-5,7,9H2,1-3H3/t14-,16-/m1/s1. The molecule has 124 valence electrons. The van der Waals surface area contributed by atoms with Crippen LogP contribution in [0.5, 0.6) is 0 Å². The van der Waals surface area contributed by atoms with Gasteiger partial charge in [-0.1, -0.05) is 6.92 Å². The van der Waals surface area contributed by atoms with E-state index in [-0.39, 0.29) is 11.8 Å². The molecule has 3 nitrogen and oxygen atoms in total. The molecule has 0 unspecified atom stereocenters. The van der Waals surface area contributed by atoms with E-state index in [1.54, 1.807) is 22.7 Å². The number of amides is 1. The SMILES string of the molecule is CCc1c(C(=O)N2CC[C@@H](c3sccc3C)[C@H](O)C2)csc1C. The molecule has 2 aromatic rings. The van der Waals surface area contributed by atoms with Gasteiger partial charge in [0.25, 0.3) is 5.91 Å². The van der Waals surface area contributed by atoms with Crippen LogP contribution in [0.3, 0.4) is 0 Å². The maximum atomic E-state index is 12.8. The molecule has 1 fully saturated rings. The van der Waals surface area contributed by atoms with Gasteiger partial charge in [0.2, 0.25) is 0 Å². The maximum Gasteiger partial charge on any atom is 0.255 e. The topological polar surface area (TPSA) is 40.5 Å². The number of piperidine rings is 1. The fraction of sp³-hybridized carbons (Fsp3) is 0.500. The van der Waals surface area contributed by atoms with E-state index >= 15 is 0 Å². The predicted molar refractivity (Wildman–Crippen MR) is 96.8 cm³/mol. The lowest BCUT2D eigenvalue weighted by atomic mass is 9.90. The Labute approximate surface area is 145 Å². The molecule has 0 aliphatic carbocycles. The third kappa shape index (κ3) is 3.10. The third-order valence-corrected chi connectivity index (χ3v) is 6.90. The van der Waals surface area contributed by atoms with Crippen LogP contribution in [0.2, 0.25) is 0 Å². The van der Waals surface area contributed by atoms with Gasteiger partial charge in [0.1, 0.15) is 0 Å². The number of hydrogen-bond acceptors (Lipinski definition) is 4. The zero-order valence-corrected chi connectivity index (χ0v) is 15.5. The van der Waals surface area contributed by atoms with Gasteiger partial charge in [0, 0.05) is 34.1 Å². The monoisotopic (exact) mass is 349 g/mol. The van der Waals surface area contributed by atoms with Gasteiger partial charge >= 0.3 is 0 Å². The second kappa shape index (κ2) is 6.75. The molecular weight excluding hydrogens is 326 g/mol. The molecule has 0 spiro atoms. The second-order valence-corrected chi connectivity index (χ2v) is 8.25. The van der Waals surface area contributed by atoms with Gasteiger partial charge in [-0.15, -0.1) is 22.7 Å². The van der Waals surface area contributed by atoms with E-state index in [4.69, 9.17) is 0 Å². The number of likely N-dealkylation sites (tertiary alicyclic amines) is 1. The Bertz CT molecular complexity index is 704. The number of β-amino-alcohol motifs (C(OH)–C–C–N with tert-alkyl or cyclic N) is 1. The normalized spacial score (nSPS) is 21.7. The highest BCUT2D eigenvalue weighted by Gasteiger charge is 2.33. The van der Waals surface area contributed by atoms with E-state index in [2.05, 4.69) is 32.2 Å². The van der Waals surface area contributed by atoms with Gasteiger partial charge in [0.05, 0.1) is 11.7 Å². The number of aliphatic hydroxyl groups excluding tert-OH is 1. The molecule has 3 heterocycles. The Kier molecular flexibility index (Phi) is 4.90. The Morgan fingerprint density at radius 3 is 2.78 bits per heavy atom. The second-order valence-electron chi connectivity index (χ2n) is 6.22. The zero-order chi connectivity index (χ0) is 16.6. The van der Waals surface area contributed by atoms with Gasteiger partial charge < -0.3 is 10.0 Å². The lowest BCUT2D eigenvalue weighted by Crippen LogP contribution is -2.45. The number of carbonyl (C=O) groups excluding carboxylic acids is 1. The summed E-state index contributed by atoms with van der Waals surface area (Å²) in [6, 6.07) is 2.10. The molecule has 1 N–H and O–H groups in total. The van der Waals surface area contributed by atoms with Crippen LogP contribution in [0.15, 0.2) is 16.8 Å². The molecular formula is C18H23NO2S2. The van der Waals surface area contributed by atoms with Crippen LogP contribution in [0.25, 0.3) is 0 Å². The zero-order valence-electron chi connectivity index (χ0n) is 13.8. The highest BCUT2D eigenvalue weighted by atomic mass is 32.1. The van der Waals surface area contributed by atoms with Gasteiger partial charge in [-0.3, -0.25) is 4.79 Å². The van der Waals surface area contributed by atoms with Crippen LogP contribution in [-0.2, 0) is 6.42 Å². The minimum absolute atomic E-state index is 0.0756. The first kappa shape index (κ1) is 16.7. The van der Waals surface area contributed by atoms with E-state index in [9.17, 15) is 9.90 Å². The number of rotatable bonds is 3. The van der Waals surface area contributed by atoms with Crippen molar-refractivity contribution in [3.8, 4) is 0 Å². The molecule has 0 bridgehead atoms. The van der Waals surface area contributed by atoms with E-state index < -0.39 is 6.10 Å². The van der Waals surface area contributed by atoms with Crippen LogP contribution < -0.4 is 0 Å². The molecule has 0 saturated carbocycles. The smallest absolute Gasteiger partial charge is 0.255 e. The van der Waals surface area contributed by atoms with Crippen molar-refractivity contribution in [1.82, 2.24) is 4.90 Å². The molecule has 5 heteroatoms. The number of carbonyl (C=O) groups is 1. The summed E-state index contributed by atoms with van der Waals surface area (Å²) in [6.07, 6.45) is 1.23. The summed E-state index contributed by atoms with van der Waals surface area (Å²) < 4.78 is 0. The van der Waals surface area contributed by atoms with Crippen LogP contribution in [-0.4, -0.2) is 35.1 Å². The van der Waals surface area contributed by atoms with E-state index in [0.29, 0.717) is 6.54 Å². The van der Waals surface area contributed by atoms with E-state index in [1.165, 1.54) is 15.3 Å². The molecule has 2 aromatic heterocycles. The van der Waals surface area contributed by atoms with Crippen molar-refractivity contribution < 1.29 is 9.90 Å². The molecule has 1 aliphatic rings. The van der Waals surface area contributed by atoms with E-state index in [1.807, 2.05) is 10.3 Å². The molecule has 23 heavy (non-hydrogen) atoms. The van der Waals surface area contributed by atoms with Gasteiger partial charge in [-0.05, 0) is 49.3 Å². The summed E-state index contributed by atoms with van der Waals surface area (Å²) in [5.41, 5.74) is 3.24. The first-order valence-electron chi connectivity index (χ1n) is 8.11. The fourth-order valence-electron chi connectivity index (χ4n) is 3.45. The van der Waals surface area contributed by atoms with Gasteiger partial charge in [0.15, 0.2) is 0 Å². The summed E-state index contributed by atoms with van der Waals surface area (Å²) in [7, 11) is 0. The minimum atomic E-state index is -0.477. The van der Waals surface area contributed by atoms with Crippen molar-refractivity contribution >= 4 is 28.6 Å². The molecule has 1 aliphatic heterocycles. The van der Waals surface area contributed by atoms with Crippen molar-refractivity contribution in [2.24, 2.45) is 0 Å². The molecule has 3 rings (SSSR count). The van der Waals surface area contributed by atoms with Crippen molar-refractivity contribution in [2.75, 3.05) is 13.1 Å². The molecule has 1 saturated heterocycles. The Morgan fingerprint density at radius 2 is 2.17 bits per heavy atom. The highest BCUT2D eigenvalue weighted by molar-refractivity contribution is 7.10. The average Bonchev–Trinajstić information content (AvgIpc) is 3.12. The maximum absolute atomic E-state index is 12.8. The number of aryl methyl sites for hydroxylation is 2. The lowest BCUT2D eigenvalue weighted by molar-refractivity contribution is 0.0386.